The van der Waals surface area contributed by atoms with Gasteiger partial charge in [0.15, 0.2) is 16.6 Å². The Balaban J connectivity index is 2.10. The van der Waals surface area contributed by atoms with Crippen molar-refractivity contribution in [3.05, 3.63) is 60.2 Å². The Bertz CT molecular complexity index is 995. The molecule has 2 aliphatic rings. The molecule has 4 atom stereocenters. The van der Waals surface area contributed by atoms with Crippen LogP contribution >= 0.6 is 0 Å². The van der Waals surface area contributed by atoms with Crippen LogP contribution in [0.4, 0.5) is 0 Å². The minimum atomic E-state index is -1.67. The van der Waals surface area contributed by atoms with Gasteiger partial charge in [0, 0.05) is 12.4 Å². The monoisotopic (exact) mass is 453 g/mol. The minimum Gasteiger partial charge on any atom is -0.468 e. The Morgan fingerprint density at radius 2 is 1.33 bits per heavy atom. The van der Waals surface area contributed by atoms with Gasteiger partial charge < -0.3 is 14.0 Å². The van der Waals surface area contributed by atoms with Crippen LogP contribution in [0.1, 0.15) is 23.5 Å². The molecule has 4 unspecified atom stereocenters. The molecule has 0 N–H and O–H groups in total. The Morgan fingerprint density at radius 1 is 0.909 bits per heavy atom. The van der Waals surface area contributed by atoms with E-state index in [0.717, 1.165) is 0 Å². The summed E-state index contributed by atoms with van der Waals surface area (Å²) >= 11 is 0. The molecular formula is C24H29N4O5+. The Labute approximate surface area is 192 Å². The Hall–Kier alpha value is -3.17. The number of hydrogen-bond donors (Lipinski definition) is 0. The van der Waals surface area contributed by atoms with Crippen LogP contribution in [-0.2, 0) is 23.9 Å². The van der Waals surface area contributed by atoms with Crippen LogP contribution in [0.15, 0.2) is 48.8 Å². The SMILES string of the molecule is COC(=O)C12C[N+](C)(C)CC(C(=O)OC)(C1=O)C(c1ccccn1)N(C)C2c1ccccn1. The molecule has 2 aliphatic heterocycles. The topological polar surface area (TPSA) is 98.7 Å². The van der Waals surface area contributed by atoms with E-state index in [1.54, 1.807) is 43.7 Å². The highest BCUT2D eigenvalue weighted by Gasteiger charge is 2.78. The van der Waals surface area contributed by atoms with E-state index in [9.17, 15) is 14.4 Å². The number of pyridine rings is 2. The maximum atomic E-state index is 14.6. The summed E-state index contributed by atoms with van der Waals surface area (Å²) in [7, 11) is 8.13. The predicted molar refractivity (Wildman–Crippen MR) is 117 cm³/mol. The van der Waals surface area contributed by atoms with Crippen molar-refractivity contribution in [1.29, 1.82) is 0 Å². The number of ether oxygens (including phenoxy) is 2. The zero-order valence-corrected chi connectivity index (χ0v) is 19.5. The summed E-state index contributed by atoms with van der Waals surface area (Å²) in [5.41, 5.74) is -2.25. The van der Waals surface area contributed by atoms with Crippen LogP contribution in [0.2, 0.25) is 0 Å². The molecule has 0 aliphatic carbocycles. The number of aromatic nitrogens is 2. The van der Waals surface area contributed by atoms with E-state index in [4.69, 9.17) is 9.47 Å². The first-order valence-corrected chi connectivity index (χ1v) is 10.7. The van der Waals surface area contributed by atoms with Crippen LogP contribution in [0.5, 0.6) is 0 Å². The van der Waals surface area contributed by atoms with Crippen molar-refractivity contribution < 1.29 is 28.3 Å². The molecule has 9 heteroatoms. The lowest BCUT2D eigenvalue weighted by Gasteiger charge is -2.61. The molecule has 174 valence electrons. The summed E-state index contributed by atoms with van der Waals surface area (Å²) < 4.78 is 10.7. The van der Waals surface area contributed by atoms with Crippen LogP contribution in [0.25, 0.3) is 0 Å². The number of carbonyl (C=O) groups excluding carboxylic acids is 3. The zero-order valence-electron chi connectivity index (χ0n) is 19.5. The Morgan fingerprint density at radius 3 is 1.67 bits per heavy atom. The van der Waals surface area contributed by atoms with E-state index in [-0.39, 0.29) is 17.6 Å². The number of quaternary nitrogens is 1. The number of esters is 2. The number of rotatable bonds is 4. The third kappa shape index (κ3) is 3.18. The van der Waals surface area contributed by atoms with E-state index in [0.29, 0.717) is 11.4 Å². The van der Waals surface area contributed by atoms with Gasteiger partial charge in [-0.05, 0) is 31.3 Å². The highest BCUT2D eigenvalue weighted by atomic mass is 16.5. The zero-order chi connectivity index (χ0) is 24.0. The molecular weight excluding hydrogens is 424 g/mol. The predicted octanol–water partition coefficient (Wildman–Crippen LogP) is 1.18. The van der Waals surface area contributed by atoms with Gasteiger partial charge in [-0.25, -0.2) is 0 Å². The number of piperidine rings is 2. The summed E-state index contributed by atoms with van der Waals surface area (Å²) in [5, 5.41) is 0. The van der Waals surface area contributed by atoms with Crippen LogP contribution < -0.4 is 0 Å². The lowest BCUT2D eigenvalue weighted by molar-refractivity contribution is -0.904. The molecule has 2 aromatic heterocycles. The van der Waals surface area contributed by atoms with Gasteiger partial charge in [0.05, 0.1) is 51.8 Å². The van der Waals surface area contributed by atoms with Crippen molar-refractivity contribution in [3.63, 3.8) is 0 Å². The third-order valence-electron chi connectivity index (χ3n) is 6.95. The highest BCUT2D eigenvalue weighted by molar-refractivity contribution is 6.17. The number of hydrogen-bond acceptors (Lipinski definition) is 8. The van der Waals surface area contributed by atoms with Crippen molar-refractivity contribution >= 4 is 17.7 Å². The molecule has 33 heavy (non-hydrogen) atoms. The average Bonchev–Trinajstić information content (AvgIpc) is 2.81. The van der Waals surface area contributed by atoms with Crippen LogP contribution in [0.3, 0.4) is 0 Å². The highest BCUT2D eigenvalue weighted by Crippen LogP contribution is 2.60. The molecule has 4 heterocycles. The molecule has 0 amide bonds. The maximum Gasteiger partial charge on any atom is 0.327 e. The van der Waals surface area contributed by atoms with Crippen molar-refractivity contribution in [2.45, 2.75) is 12.1 Å². The molecule has 2 fully saturated rings. The van der Waals surface area contributed by atoms with Crippen molar-refractivity contribution in [3.8, 4) is 0 Å². The molecule has 2 aromatic rings. The van der Waals surface area contributed by atoms with Gasteiger partial charge in [-0.3, -0.25) is 29.3 Å². The van der Waals surface area contributed by atoms with E-state index in [1.807, 2.05) is 31.1 Å². The van der Waals surface area contributed by atoms with Gasteiger partial charge in [-0.15, -0.1) is 0 Å². The van der Waals surface area contributed by atoms with Crippen LogP contribution in [-0.4, -0.2) is 85.5 Å². The number of carbonyl (C=O) groups is 3. The fraction of sp³-hybridized carbons (Fsp3) is 0.458. The number of Topliss-reactive ketones (excluding diaryl/α,β-unsaturated/α-hetero) is 1. The van der Waals surface area contributed by atoms with E-state index >= 15 is 0 Å². The quantitative estimate of drug-likeness (QED) is 0.387. The first kappa shape index (κ1) is 23.0. The van der Waals surface area contributed by atoms with Gasteiger partial charge in [-0.1, -0.05) is 12.1 Å². The molecule has 2 bridgehead atoms. The first-order chi connectivity index (χ1) is 15.7. The summed E-state index contributed by atoms with van der Waals surface area (Å²) in [6.45, 7) is 0.301. The standard InChI is InChI=1S/C24H29N4O5/c1-27-18(16-10-6-8-12-25-16)23(21(30)32-4)14-28(2,3)15-24(20(23)29,22(31)33-5)19(27)17-11-7-9-13-26-17/h6-13,18-19H,14-15H2,1-5H3/q+1. The fourth-order valence-corrected chi connectivity index (χ4v) is 6.11. The van der Waals surface area contributed by atoms with Gasteiger partial charge >= 0.3 is 11.9 Å². The third-order valence-corrected chi connectivity index (χ3v) is 6.95. The number of fused-ring (bicyclic) bond motifs is 2. The van der Waals surface area contributed by atoms with Gasteiger partial charge in [-0.2, -0.15) is 0 Å². The molecule has 0 spiro atoms. The molecule has 2 saturated heterocycles. The normalized spacial score (nSPS) is 31.0. The van der Waals surface area contributed by atoms with Gasteiger partial charge in [0.1, 0.15) is 13.1 Å². The summed E-state index contributed by atoms with van der Waals surface area (Å²) in [6, 6.07) is 9.19. The lowest BCUT2D eigenvalue weighted by Crippen LogP contribution is -2.78. The number of nitrogens with zero attached hydrogens (tertiary/aromatic N) is 4. The lowest BCUT2D eigenvalue weighted by atomic mass is 9.54. The fourth-order valence-electron chi connectivity index (χ4n) is 6.11. The molecule has 4 rings (SSSR count). The number of likely N-dealkylation sites (tertiary alicyclic amines) is 2. The second-order valence-corrected chi connectivity index (χ2v) is 9.49. The van der Waals surface area contributed by atoms with Crippen molar-refractivity contribution in [1.82, 2.24) is 14.9 Å². The first-order valence-electron chi connectivity index (χ1n) is 10.7. The summed E-state index contributed by atoms with van der Waals surface area (Å²) in [5.74, 6) is -1.88. The van der Waals surface area contributed by atoms with Crippen molar-refractivity contribution in [2.75, 3.05) is 48.5 Å². The number of methoxy groups -OCH3 is 2. The Kier molecular flexibility index (Phi) is 5.58. The molecule has 0 radical (unpaired) electrons. The second kappa shape index (κ2) is 8.00. The van der Waals surface area contributed by atoms with Crippen molar-refractivity contribution in [2.24, 2.45) is 10.8 Å². The molecule has 0 aromatic carbocycles. The average molecular weight is 454 g/mol. The van der Waals surface area contributed by atoms with Gasteiger partial charge in [0.2, 0.25) is 0 Å². The summed E-state index contributed by atoms with van der Waals surface area (Å²) in [4.78, 5) is 52.6. The van der Waals surface area contributed by atoms with Gasteiger partial charge in [0.25, 0.3) is 0 Å². The smallest absolute Gasteiger partial charge is 0.327 e. The largest absolute Gasteiger partial charge is 0.468 e. The maximum absolute atomic E-state index is 14.6. The van der Waals surface area contributed by atoms with E-state index < -0.39 is 40.6 Å². The molecule has 9 nitrogen and oxygen atoms in total. The number of ketones is 1. The minimum absolute atomic E-state index is 0.151. The second-order valence-electron chi connectivity index (χ2n) is 9.49. The van der Waals surface area contributed by atoms with E-state index in [1.165, 1.54) is 14.2 Å². The van der Waals surface area contributed by atoms with Crippen LogP contribution in [0, 0.1) is 10.8 Å². The van der Waals surface area contributed by atoms with E-state index in [2.05, 4.69) is 9.97 Å². The summed E-state index contributed by atoms with van der Waals surface area (Å²) in [6.07, 6.45) is 3.25. The molecule has 0 saturated carbocycles.